The van der Waals surface area contributed by atoms with Gasteiger partial charge in [0.25, 0.3) is 0 Å². The highest BCUT2D eigenvalue weighted by Crippen LogP contribution is 2.28. The molecule has 0 bridgehead atoms. The molecule has 1 aliphatic heterocycles. The lowest BCUT2D eigenvalue weighted by Gasteiger charge is -2.29. The summed E-state index contributed by atoms with van der Waals surface area (Å²) in [5.41, 5.74) is 4.66. The normalized spacial score (nSPS) is 14.8. The summed E-state index contributed by atoms with van der Waals surface area (Å²) >= 11 is 0. The van der Waals surface area contributed by atoms with Gasteiger partial charge in [-0.1, -0.05) is 36.4 Å². The van der Waals surface area contributed by atoms with Crippen molar-refractivity contribution in [3.05, 3.63) is 72.1 Å². The predicted molar refractivity (Wildman–Crippen MR) is 113 cm³/mol. The Hall–Kier alpha value is -2.92. The van der Waals surface area contributed by atoms with E-state index in [0.717, 1.165) is 31.7 Å². The molecule has 5 heteroatoms. The van der Waals surface area contributed by atoms with Crippen LogP contribution in [0.25, 0.3) is 16.6 Å². The summed E-state index contributed by atoms with van der Waals surface area (Å²) in [7, 11) is 0. The molecule has 0 saturated carbocycles. The van der Waals surface area contributed by atoms with Crippen LogP contribution in [0.5, 0.6) is 0 Å². The fourth-order valence-corrected chi connectivity index (χ4v) is 3.79. The van der Waals surface area contributed by atoms with Crippen LogP contribution in [0.15, 0.2) is 60.9 Å². The third kappa shape index (κ3) is 3.99. The number of fused-ring (bicyclic) bond motifs is 1. The number of nitrogens with one attached hydrogen (secondary N) is 1. The van der Waals surface area contributed by atoms with E-state index in [-0.39, 0.29) is 5.91 Å². The number of pyridine rings is 1. The molecule has 3 heterocycles. The topological polar surface area (TPSA) is 52.2 Å². The Morgan fingerprint density at radius 1 is 1.21 bits per heavy atom. The average Bonchev–Trinajstić information content (AvgIpc) is 3.17. The summed E-state index contributed by atoms with van der Waals surface area (Å²) in [6.45, 7) is 5.61. The molecular formula is C23H26N4O. The predicted octanol–water partition coefficient (Wildman–Crippen LogP) is 3.70. The van der Waals surface area contributed by atoms with E-state index in [9.17, 15) is 4.79 Å². The first-order valence-corrected chi connectivity index (χ1v) is 9.90. The summed E-state index contributed by atoms with van der Waals surface area (Å²) < 4.78 is 0. The second-order valence-electron chi connectivity index (χ2n) is 7.21. The number of carbonyl (C=O) groups is 1. The van der Waals surface area contributed by atoms with E-state index in [1.807, 2.05) is 42.3 Å². The van der Waals surface area contributed by atoms with Gasteiger partial charge in [-0.05, 0) is 36.6 Å². The molecule has 5 nitrogen and oxygen atoms in total. The molecule has 1 amide bonds. The number of benzene rings is 1. The molecule has 144 valence electrons. The molecule has 1 N–H and O–H groups in total. The van der Waals surface area contributed by atoms with E-state index in [1.54, 1.807) is 6.20 Å². The highest BCUT2D eigenvalue weighted by atomic mass is 16.2. The van der Waals surface area contributed by atoms with Gasteiger partial charge in [0.1, 0.15) is 5.65 Å². The van der Waals surface area contributed by atoms with Crippen LogP contribution < -0.4 is 0 Å². The van der Waals surface area contributed by atoms with Gasteiger partial charge in [0.05, 0.1) is 6.54 Å². The lowest BCUT2D eigenvalue weighted by Crippen LogP contribution is -2.41. The maximum absolute atomic E-state index is 12.8. The summed E-state index contributed by atoms with van der Waals surface area (Å²) in [6, 6.07) is 14.3. The monoisotopic (exact) mass is 374 g/mol. The molecular weight excluding hydrogens is 348 g/mol. The van der Waals surface area contributed by atoms with Gasteiger partial charge in [-0.2, -0.15) is 0 Å². The first-order valence-electron chi connectivity index (χ1n) is 9.90. The zero-order valence-electron chi connectivity index (χ0n) is 16.3. The van der Waals surface area contributed by atoms with Crippen molar-refractivity contribution < 1.29 is 4.79 Å². The Balaban J connectivity index is 1.38. The van der Waals surface area contributed by atoms with Gasteiger partial charge in [0.2, 0.25) is 5.91 Å². The van der Waals surface area contributed by atoms with E-state index >= 15 is 0 Å². The number of rotatable bonds is 6. The van der Waals surface area contributed by atoms with Crippen LogP contribution in [-0.2, 0) is 11.3 Å². The summed E-state index contributed by atoms with van der Waals surface area (Å²) in [6.07, 6.45) is 7.04. The maximum atomic E-state index is 12.8. The van der Waals surface area contributed by atoms with Crippen molar-refractivity contribution in [2.45, 2.75) is 19.9 Å². The van der Waals surface area contributed by atoms with E-state index in [2.05, 4.69) is 39.1 Å². The highest BCUT2D eigenvalue weighted by molar-refractivity contribution is 5.90. The molecule has 0 aliphatic carbocycles. The average molecular weight is 374 g/mol. The Bertz CT molecular complexity index is 976. The molecule has 0 unspecified atom stereocenters. The van der Waals surface area contributed by atoms with Crippen LogP contribution in [-0.4, -0.2) is 51.9 Å². The van der Waals surface area contributed by atoms with E-state index in [0.29, 0.717) is 13.1 Å². The van der Waals surface area contributed by atoms with Crippen LogP contribution >= 0.6 is 0 Å². The Labute approximate surface area is 165 Å². The highest BCUT2D eigenvalue weighted by Gasteiger charge is 2.20. The molecule has 2 aromatic heterocycles. The molecule has 1 aliphatic rings. The van der Waals surface area contributed by atoms with E-state index in [1.165, 1.54) is 22.1 Å². The van der Waals surface area contributed by atoms with Crippen LogP contribution in [0, 0.1) is 0 Å². The van der Waals surface area contributed by atoms with Gasteiger partial charge in [0, 0.05) is 49.5 Å². The summed E-state index contributed by atoms with van der Waals surface area (Å²) in [5, 5.41) is 1.17. The quantitative estimate of drug-likeness (QED) is 0.716. The minimum atomic E-state index is 0.194. The van der Waals surface area contributed by atoms with Crippen molar-refractivity contribution >= 4 is 22.5 Å². The number of amides is 1. The van der Waals surface area contributed by atoms with Gasteiger partial charge in [-0.3, -0.25) is 9.69 Å². The SMILES string of the molecule is CCN(Cc1ccccc1)C(=O)CN1CC=C(c2c[nH]c3ncccc23)CC1. The van der Waals surface area contributed by atoms with Gasteiger partial charge < -0.3 is 9.88 Å². The minimum absolute atomic E-state index is 0.194. The Morgan fingerprint density at radius 3 is 2.82 bits per heavy atom. The van der Waals surface area contributed by atoms with Gasteiger partial charge in [-0.25, -0.2) is 4.98 Å². The molecule has 3 aromatic rings. The number of aromatic nitrogens is 2. The minimum Gasteiger partial charge on any atom is -0.346 e. The van der Waals surface area contributed by atoms with E-state index in [4.69, 9.17) is 0 Å². The number of hydrogen-bond donors (Lipinski definition) is 1. The third-order valence-corrected chi connectivity index (χ3v) is 5.40. The van der Waals surface area contributed by atoms with E-state index < -0.39 is 0 Å². The van der Waals surface area contributed by atoms with Gasteiger partial charge >= 0.3 is 0 Å². The van der Waals surface area contributed by atoms with Crippen molar-refractivity contribution in [3.8, 4) is 0 Å². The Morgan fingerprint density at radius 2 is 2.07 bits per heavy atom. The zero-order chi connectivity index (χ0) is 19.3. The number of carbonyl (C=O) groups excluding carboxylic acids is 1. The largest absolute Gasteiger partial charge is 0.346 e. The molecule has 0 atom stereocenters. The van der Waals surface area contributed by atoms with Crippen molar-refractivity contribution in [3.63, 3.8) is 0 Å². The zero-order valence-corrected chi connectivity index (χ0v) is 16.3. The molecule has 1 aromatic carbocycles. The standard InChI is InChI=1S/C23H26N4O/c1-2-27(16-18-7-4-3-5-8-18)22(28)17-26-13-10-19(11-14-26)21-15-25-23-20(21)9-6-12-24-23/h3-10,12,15H,2,11,13-14,16-17H2,1H3,(H,24,25). The molecule has 28 heavy (non-hydrogen) atoms. The third-order valence-electron chi connectivity index (χ3n) is 5.40. The Kier molecular flexibility index (Phi) is 5.53. The number of likely N-dealkylation sites (N-methyl/N-ethyl adjacent to an activating group) is 1. The molecule has 0 radical (unpaired) electrons. The number of H-pyrrole nitrogens is 1. The van der Waals surface area contributed by atoms with Crippen molar-refractivity contribution in [1.82, 2.24) is 19.8 Å². The van der Waals surface area contributed by atoms with Crippen molar-refractivity contribution in [2.75, 3.05) is 26.2 Å². The van der Waals surface area contributed by atoms with Gasteiger partial charge in [0.15, 0.2) is 0 Å². The van der Waals surface area contributed by atoms with Crippen LogP contribution in [0.2, 0.25) is 0 Å². The van der Waals surface area contributed by atoms with Crippen LogP contribution in [0.4, 0.5) is 0 Å². The maximum Gasteiger partial charge on any atom is 0.237 e. The lowest BCUT2D eigenvalue weighted by molar-refractivity contribution is -0.132. The lowest BCUT2D eigenvalue weighted by atomic mass is 9.99. The van der Waals surface area contributed by atoms with Crippen LogP contribution in [0.3, 0.4) is 0 Å². The second kappa shape index (κ2) is 8.40. The first kappa shape index (κ1) is 18.4. The first-order chi connectivity index (χ1) is 13.7. The molecule has 0 spiro atoms. The summed E-state index contributed by atoms with van der Waals surface area (Å²) in [4.78, 5) is 24.6. The van der Waals surface area contributed by atoms with Gasteiger partial charge in [-0.15, -0.1) is 0 Å². The molecule has 0 saturated heterocycles. The van der Waals surface area contributed by atoms with Crippen molar-refractivity contribution in [1.29, 1.82) is 0 Å². The van der Waals surface area contributed by atoms with Crippen LogP contribution in [0.1, 0.15) is 24.5 Å². The smallest absolute Gasteiger partial charge is 0.237 e. The molecule has 0 fully saturated rings. The summed E-state index contributed by atoms with van der Waals surface area (Å²) in [5.74, 6) is 0.194. The second-order valence-corrected chi connectivity index (χ2v) is 7.21. The number of aromatic amines is 1. The fourth-order valence-electron chi connectivity index (χ4n) is 3.79. The number of hydrogen-bond acceptors (Lipinski definition) is 3. The number of nitrogens with zero attached hydrogens (tertiary/aromatic N) is 3. The molecule has 4 rings (SSSR count). The van der Waals surface area contributed by atoms with Crippen molar-refractivity contribution in [2.24, 2.45) is 0 Å². The fraction of sp³-hybridized carbons (Fsp3) is 0.304.